The molecule has 1 heterocycles. The van der Waals surface area contributed by atoms with Gasteiger partial charge >= 0.3 is 0 Å². The number of hydrogen-bond donors (Lipinski definition) is 1. The van der Waals surface area contributed by atoms with Gasteiger partial charge in [-0.1, -0.05) is 66.7 Å². The molecular formula is C24H24N2O2. The van der Waals surface area contributed by atoms with Crippen LogP contribution in [0.25, 0.3) is 0 Å². The van der Waals surface area contributed by atoms with Crippen molar-refractivity contribution in [2.75, 3.05) is 12.0 Å². The van der Waals surface area contributed by atoms with E-state index >= 15 is 0 Å². The van der Waals surface area contributed by atoms with Crippen LogP contribution in [-0.4, -0.2) is 18.6 Å². The number of nitrogens with one attached hydrogen (secondary N) is 1. The van der Waals surface area contributed by atoms with Crippen molar-refractivity contribution in [3.63, 3.8) is 0 Å². The second-order valence-corrected chi connectivity index (χ2v) is 6.75. The molecular weight excluding hydrogens is 348 g/mol. The topological polar surface area (TPSA) is 42.9 Å². The SMILES string of the molecule is c1ccc(C(=NNc2cccc(OC3CCCCO3)c2)c2ccccc2)cc1. The molecule has 1 N–H and O–H groups in total. The number of rotatable bonds is 6. The standard InChI is InChI=1S/C24H24N2O2/c1-3-10-19(11-4-1)24(20-12-5-2-6-13-20)26-25-21-14-9-15-22(18-21)28-23-16-7-8-17-27-23/h1-6,9-15,18,23,25H,7-8,16-17H2. The first-order valence-corrected chi connectivity index (χ1v) is 9.71. The fraction of sp³-hybridized carbons (Fsp3) is 0.208. The van der Waals surface area contributed by atoms with Crippen molar-refractivity contribution >= 4 is 11.4 Å². The average Bonchev–Trinajstić information content (AvgIpc) is 2.76. The first kappa shape index (κ1) is 18.3. The highest BCUT2D eigenvalue weighted by Gasteiger charge is 2.15. The van der Waals surface area contributed by atoms with Gasteiger partial charge in [0.2, 0.25) is 0 Å². The highest BCUT2D eigenvalue weighted by atomic mass is 16.7. The van der Waals surface area contributed by atoms with E-state index in [0.717, 1.165) is 54.1 Å². The van der Waals surface area contributed by atoms with Gasteiger partial charge in [-0.05, 0) is 25.0 Å². The van der Waals surface area contributed by atoms with E-state index in [0.29, 0.717) is 0 Å². The van der Waals surface area contributed by atoms with Gasteiger partial charge in [0.05, 0.1) is 18.0 Å². The van der Waals surface area contributed by atoms with E-state index in [2.05, 4.69) is 29.7 Å². The maximum atomic E-state index is 5.96. The first-order valence-electron chi connectivity index (χ1n) is 9.71. The van der Waals surface area contributed by atoms with Crippen LogP contribution in [0.4, 0.5) is 5.69 Å². The quantitative estimate of drug-likeness (QED) is 0.462. The Kier molecular flexibility index (Phi) is 6.00. The molecule has 1 unspecified atom stereocenters. The van der Waals surface area contributed by atoms with Crippen molar-refractivity contribution in [2.24, 2.45) is 5.10 Å². The molecule has 0 aromatic heterocycles. The zero-order valence-electron chi connectivity index (χ0n) is 15.8. The minimum absolute atomic E-state index is 0.156. The summed E-state index contributed by atoms with van der Waals surface area (Å²) in [5.74, 6) is 0.785. The number of hydrazone groups is 1. The van der Waals surface area contributed by atoms with Crippen LogP contribution < -0.4 is 10.2 Å². The van der Waals surface area contributed by atoms with Crippen molar-refractivity contribution in [1.82, 2.24) is 0 Å². The Morgan fingerprint density at radius 3 is 2.21 bits per heavy atom. The van der Waals surface area contributed by atoms with Gasteiger partial charge in [0.1, 0.15) is 5.75 Å². The van der Waals surface area contributed by atoms with E-state index < -0.39 is 0 Å². The van der Waals surface area contributed by atoms with Crippen LogP contribution >= 0.6 is 0 Å². The highest BCUT2D eigenvalue weighted by molar-refractivity contribution is 6.13. The summed E-state index contributed by atoms with van der Waals surface area (Å²) in [4.78, 5) is 0. The minimum atomic E-state index is -0.156. The van der Waals surface area contributed by atoms with E-state index in [-0.39, 0.29) is 6.29 Å². The van der Waals surface area contributed by atoms with Crippen LogP contribution in [0.2, 0.25) is 0 Å². The largest absolute Gasteiger partial charge is 0.465 e. The van der Waals surface area contributed by atoms with Gasteiger partial charge in [0.25, 0.3) is 0 Å². The van der Waals surface area contributed by atoms with Crippen LogP contribution in [-0.2, 0) is 4.74 Å². The molecule has 4 nitrogen and oxygen atoms in total. The molecule has 1 atom stereocenters. The number of nitrogens with zero attached hydrogens (tertiary/aromatic N) is 1. The lowest BCUT2D eigenvalue weighted by atomic mass is 10.0. The summed E-state index contributed by atoms with van der Waals surface area (Å²) in [6.07, 6.45) is 3.03. The lowest BCUT2D eigenvalue weighted by molar-refractivity contribution is -0.105. The second kappa shape index (κ2) is 9.20. The van der Waals surface area contributed by atoms with Crippen LogP contribution in [0.5, 0.6) is 5.75 Å². The first-order chi connectivity index (χ1) is 13.9. The van der Waals surface area contributed by atoms with Crippen molar-refractivity contribution in [2.45, 2.75) is 25.6 Å². The summed E-state index contributed by atoms with van der Waals surface area (Å²) in [5, 5.41) is 4.70. The Hall–Kier alpha value is -3.11. The molecule has 1 aliphatic heterocycles. The zero-order valence-corrected chi connectivity index (χ0v) is 15.8. The zero-order chi connectivity index (χ0) is 19.0. The third-order valence-electron chi connectivity index (χ3n) is 4.63. The molecule has 4 rings (SSSR count). The van der Waals surface area contributed by atoms with Gasteiger partial charge in [-0.15, -0.1) is 0 Å². The Morgan fingerprint density at radius 2 is 1.57 bits per heavy atom. The van der Waals surface area contributed by atoms with E-state index in [1.807, 2.05) is 60.7 Å². The van der Waals surface area contributed by atoms with Crippen molar-refractivity contribution in [3.8, 4) is 5.75 Å². The molecule has 4 heteroatoms. The predicted molar refractivity (Wildman–Crippen MR) is 113 cm³/mol. The van der Waals surface area contributed by atoms with Crippen LogP contribution in [0.1, 0.15) is 30.4 Å². The van der Waals surface area contributed by atoms with Gasteiger partial charge in [-0.3, -0.25) is 5.43 Å². The third-order valence-corrected chi connectivity index (χ3v) is 4.63. The lowest BCUT2D eigenvalue weighted by Crippen LogP contribution is -2.24. The van der Waals surface area contributed by atoms with Gasteiger partial charge in [-0.2, -0.15) is 5.10 Å². The molecule has 1 fully saturated rings. The monoisotopic (exact) mass is 372 g/mol. The Balaban J connectivity index is 1.54. The number of benzene rings is 3. The molecule has 1 aliphatic rings. The molecule has 3 aromatic rings. The summed E-state index contributed by atoms with van der Waals surface area (Å²) in [6, 6.07) is 28.2. The molecule has 1 saturated heterocycles. The Bertz CT molecular complexity index is 863. The number of ether oxygens (including phenoxy) is 2. The van der Waals surface area contributed by atoms with Crippen LogP contribution in [0.3, 0.4) is 0 Å². The van der Waals surface area contributed by atoms with Crippen molar-refractivity contribution in [1.29, 1.82) is 0 Å². The van der Waals surface area contributed by atoms with Crippen LogP contribution in [0, 0.1) is 0 Å². The Morgan fingerprint density at radius 1 is 0.857 bits per heavy atom. The summed E-state index contributed by atoms with van der Waals surface area (Å²) < 4.78 is 11.6. The predicted octanol–water partition coefficient (Wildman–Crippen LogP) is 5.46. The Labute approximate surface area is 165 Å². The maximum absolute atomic E-state index is 5.96. The number of anilines is 1. The van der Waals surface area contributed by atoms with E-state index in [9.17, 15) is 0 Å². The maximum Gasteiger partial charge on any atom is 0.199 e. The normalized spacial score (nSPS) is 16.2. The van der Waals surface area contributed by atoms with E-state index in [1.165, 1.54) is 0 Å². The van der Waals surface area contributed by atoms with Crippen molar-refractivity contribution in [3.05, 3.63) is 96.1 Å². The number of hydrogen-bond acceptors (Lipinski definition) is 4. The molecule has 0 bridgehead atoms. The smallest absolute Gasteiger partial charge is 0.199 e. The third kappa shape index (κ3) is 4.78. The van der Waals surface area contributed by atoms with Gasteiger partial charge < -0.3 is 9.47 Å². The average molecular weight is 372 g/mol. The molecule has 0 aliphatic carbocycles. The molecule has 28 heavy (non-hydrogen) atoms. The fourth-order valence-electron chi connectivity index (χ4n) is 3.20. The molecule has 0 spiro atoms. The lowest BCUT2D eigenvalue weighted by Gasteiger charge is -2.23. The fourth-order valence-corrected chi connectivity index (χ4v) is 3.20. The van der Waals surface area contributed by atoms with E-state index in [4.69, 9.17) is 14.6 Å². The second-order valence-electron chi connectivity index (χ2n) is 6.75. The van der Waals surface area contributed by atoms with Crippen LogP contribution in [0.15, 0.2) is 90.0 Å². The highest BCUT2D eigenvalue weighted by Crippen LogP contribution is 2.22. The minimum Gasteiger partial charge on any atom is -0.465 e. The summed E-state index contributed by atoms with van der Waals surface area (Å²) in [7, 11) is 0. The van der Waals surface area contributed by atoms with Gasteiger partial charge in [0, 0.05) is 23.6 Å². The van der Waals surface area contributed by atoms with E-state index in [1.54, 1.807) is 0 Å². The van der Waals surface area contributed by atoms with Gasteiger partial charge in [-0.25, -0.2) is 0 Å². The molecule has 142 valence electrons. The summed E-state index contributed by atoms with van der Waals surface area (Å²) in [6.45, 7) is 0.768. The summed E-state index contributed by atoms with van der Waals surface area (Å²) in [5.41, 5.74) is 7.07. The molecule has 0 amide bonds. The molecule has 0 radical (unpaired) electrons. The van der Waals surface area contributed by atoms with Crippen molar-refractivity contribution < 1.29 is 9.47 Å². The summed E-state index contributed by atoms with van der Waals surface area (Å²) >= 11 is 0. The van der Waals surface area contributed by atoms with Gasteiger partial charge in [0.15, 0.2) is 6.29 Å². The molecule has 3 aromatic carbocycles. The molecule has 0 saturated carbocycles.